The summed E-state index contributed by atoms with van der Waals surface area (Å²) in [6, 6.07) is 0. The van der Waals surface area contributed by atoms with Crippen molar-refractivity contribution in [3.8, 4) is 0 Å². The first-order valence-corrected chi connectivity index (χ1v) is 6.79. The fourth-order valence-corrected chi connectivity index (χ4v) is 3.09. The molecule has 0 aromatic rings. The highest BCUT2D eigenvalue weighted by Crippen LogP contribution is 2.39. The molecule has 0 bridgehead atoms. The molecule has 0 spiro atoms. The van der Waals surface area contributed by atoms with E-state index in [1.54, 1.807) is 0 Å². The molecule has 1 saturated carbocycles. The zero-order valence-corrected chi connectivity index (χ0v) is 11.7. The maximum absolute atomic E-state index is 6.14. The Balaban J connectivity index is 2.35. The van der Waals surface area contributed by atoms with Crippen LogP contribution in [0.15, 0.2) is 0 Å². The van der Waals surface area contributed by atoms with E-state index in [9.17, 15) is 0 Å². The van der Waals surface area contributed by atoms with Gasteiger partial charge in [-0.05, 0) is 44.1 Å². The Morgan fingerprint density at radius 2 is 2.06 bits per heavy atom. The highest BCUT2D eigenvalue weighted by molar-refractivity contribution is 4.83. The minimum Gasteiger partial charge on any atom is -0.374 e. The van der Waals surface area contributed by atoms with Crippen LogP contribution in [0.25, 0.3) is 0 Å². The van der Waals surface area contributed by atoms with Crippen LogP contribution < -0.4 is 5.32 Å². The van der Waals surface area contributed by atoms with Gasteiger partial charge in [0.1, 0.15) is 0 Å². The van der Waals surface area contributed by atoms with Gasteiger partial charge >= 0.3 is 0 Å². The van der Waals surface area contributed by atoms with E-state index < -0.39 is 0 Å². The van der Waals surface area contributed by atoms with E-state index in [4.69, 9.17) is 4.74 Å². The van der Waals surface area contributed by atoms with Gasteiger partial charge in [0.2, 0.25) is 0 Å². The lowest BCUT2D eigenvalue weighted by Gasteiger charge is -2.39. The second-order valence-electron chi connectivity index (χ2n) is 6.29. The van der Waals surface area contributed by atoms with E-state index in [0.29, 0.717) is 17.6 Å². The summed E-state index contributed by atoms with van der Waals surface area (Å²) in [6.45, 7) is 13.4. The standard InChI is InChI=1S/C14H29NO/c1-6-15-10-12(3)16-13-7-11(2)8-14(4,5)9-13/h11-13,15H,6-10H2,1-5H3. The molecule has 16 heavy (non-hydrogen) atoms. The largest absolute Gasteiger partial charge is 0.374 e. The molecule has 96 valence electrons. The zero-order valence-electron chi connectivity index (χ0n) is 11.7. The van der Waals surface area contributed by atoms with E-state index in [1.165, 1.54) is 19.3 Å². The van der Waals surface area contributed by atoms with Crippen LogP contribution in [0.3, 0.4) is 0 Å². The van der Waals surface area contributed by atoms with Gasteiger partial charge in [-0.15, -0.1) is 0 Å². The van der Waals surface area contributed by atoms with Crippen molar-refractivity contribution in [1.29, 1.82) is 0 Å². The smallest absolute Gasteiger partial charge is 0.0675 e. The Morgan fingerprint density at radius 1 is 1.38 bits per heavy atom. The Bertz CT molecular complexity index is 203. The molecule has 1 rings (SSSR count). The van der Waals surface area contributed by atoms with Gasteiger partial charge in [0.15, 0.2) is 0 Å². The molecule has 0 heterocycles. The van der Waals surface area contributed by atoms with Crippen LogP contribution in [-0.2, 0) is 4.74 Å². The molecule has 3 unspecified atom stereocenters. The fraction of sp³-hybridized carbons (Fsp3) is 1.00. The molecule has 0 amide bonds. The van der Waals surface area contributed by atoms with Crippen molar-refractivity contribution >= 4 is 0 Å². The van der Waals surface area contributed by atoms with Gasteiger partial charge in [-0.3, -0.25) is 0 Å². The van der Waals surface area contributed by atoms with E-state index in [1.807, 2.05) is 0 Å². The third kappa shape index (κ3) is 4.84. The van der Waals surface area contributed by atoms with Crippen LogP contribution in [0.5, 0.6) is 0 Å². The Hall–Kier alpha value is -0.0800. The minimum atomic E-state index is 0.339. The Kier molecular flexibility index (Phi) is 5.26. The minimum absolute atomic E-state index is 0.339. The molecule has 0 radical (unpaired) electrons. The summed E-state index contributed by atoms with van der Waals surface area (Å²) in [5.41, 5.74) is 0.459. The monoisotopic (exact) mass is 227 g/mol. The third-order valence-electron chi connectivity index (χ3n) is 3.45. The molecule has 0 aromatic heterocycles. The van der Waals surface area contributed by atoms with Crippen molar-refractivity contribution in [3.63, 3.8) is 0 Å². The van der Waals surface area contributed by atoms with Gasteiger partial charge in [-0.1, -0.05) is 27.7 Å². The van der Waals surface area contributed by atoms with Gasteiger partial charge in [-0.25, -0.2) is 0 Å². The average Bonchev–Trinajstić information content (AvgIpc) is 2.11. The molecule has 1 fully saturated rings. The van der Waals surface area contributed by atoms with Gasteiger partial charge in [-0.2, -0.15) is 0 Å². The maximum atomic E-state index is 6.14. The molecule has 2 heteroatoms. The molecule has 1 N–H and O–H groups in total. The summed E-state index contributed by atoms with van der Waals surface area (Å²) >= 11 is 0. The molecule has 1 aliphatic carbocycles. The summed E-state index contributed by atoms with van der Waals surface area (Å²) in [4.78, 5) is 0. The number of likely N-dealkylation sites (N-methyl/N-ethyl adjacent to an activating group) is 1. The lowest BCUT2D eigenvalue weighted by atomic mass is 9.71. The van der Waals surface area contributed by atoms with E-state index in [-0.39, 0.29) is 0 Å². The topological polar surface area (TPSA) is 21.3 Å². The molecular weight excluding hydrogens is 198 g/mol. The molecular formula is C14H29NO. The van der Waals surface area contributed by atoms with Gasteiger partial charge in [0.05, 0.1) is 12.2 Å². The SMILES string of the molecule is CCNCC(C)OC1CC(C)CC(C)(C)C1. The van der Waals surface area contributed by atoms with Crippen LogP contribution in [0, 0.1) is 11.3 Å². The van der Waals surface area contributed by atoms with Crippen molar-refractivity contribution < 1.29 is 4.74 Å². The number of hydrogen-bond donors (Lipinski definition) is 1. The van der Waals surface area contributed by atoms with Crippen molar-refractivity contribution in [3.05, 3.63) is 0 Å². The molecule has 3 atom stereocenters. The number of nitrogens with one attached hydrogen (secondary N) is 1. The summed E-state index contributed by atoms with van der Waals surface area (Å²) in [5.74, 6) is 0.806. The Labute approximate surface area is 101 Å². The number of ether oxygens (including phenoxy) is 1. The predicted octanol–water partition coefficient (Wildman–Crippen LogP) is 3.22. The van der Waals surface area contributed by atoms with E-state index in [2.05, 4.69) is 39.9 Å². The maximum Gasteiger partial charge on any atom is 0.0675 e. The second-order valence-corrected chi connectivity index (χ2v) is 6.29. The van der Waals surface area contributed by atoms with Crippen LogP contribution >= 0.6 is 0 Å². The van der Waals surface area contributed by atoms with Crippen LogP contribution in [0.1, 0.15) is 53.9 Å². The van der Waals surface area contributed by atoms with Gasteiger partial charge in [0, 0.05) is 6.54 Å². The molecule has 0 aliphatic heterocycles. The average molecular weight is 227 g/mol. The molecule has 1 aliphatic rings. The first kappa shape index (κ1) is 14.0. The van der Waals surface area contributed by atoms with E-state index in [0.717, 1.165) is 19.0 Å². The lowest BCUT2D eigenvalue weighted by molar-refractivity contribution is -0.0574. The summed E-state index contributed by atoms with van der Waals surface area (Å²) in [5, 5.41) is 3.34. The predicted molar refractivity (Wildman–Crippen MR) is 69.7 cm³/mol. The number of rotatable bonds is 5. The zero-order chi connectivity index (χ0) is 12.2. The number of hydrogen-bond acceptors (Lipinski definition) is 2. The molecule has 0 aromatic carbocycles. The van der Waals surface area contributed by atoms with Crippen molar-refractivity contribution in [1.82, 2.24) is 5.32 Å². The third-order valence-corrected chi connectivity index (χ3v) is 3.45. The first-order valence-electron chi connectivity index (χ1n) is 6.79. The van der Waals surface area contributed by atoms with Crippen LogP contribution in [0.2, 0.25) is 0 Å². The molecule has 2 nitrogen and oxygen atoms in total. The Morgan fingerprint density at radius 3 is 2.62 bits per heavy atom. The van der Waals surface area contributed by atoms with Crippen LogP contribution in [-0.4, -0.2) is 25.3 Å². The lowest BCUT2D eigenvalue weighted by Crippen LogP contribution is -2.37. The van der Waals surface area contributed by atoms with Crippen LogP contribution in [0.4, 0.5) is 0 Å². The molecule has 0 saturated heterocycles. The highest BCUT2D eigenvalue weighted by atomic mass is 16.5. The van der Waals surface area contributed by atoms with Crippen molar-refractivity contribution in [2.45, 2.75) is 66.1 Å². The quantitative estimate of drug-likeness (QED) is 0.778. The summed E-state index contributed by atoms with van der Waals surface area (Å²) in [7, 11) is 0. The van der Waals surface area contributed by atoms with Crippen molar-refractivity contribution in [2.24, 2.45) is 11.3 Å². The van der Waals surface area contributed by atoms with E-state index >= 15 is 0 Å². The summed E-state index contributed by atoms with van der Waals surface area (Å²) in [6.07, 6.45) is 4.60. The van der Waals surface area contributed by atoms with Crippen molar-refractivity contribution in [2.75, 3.05) is 13.1 Å². The fourth-order valence-electron chi connectivity index (χ4n) is 3.09. The highest BCUT2D eigenvalue weighted by Gasteiger charge is 2.33. The normalized spacial score (nSPS) is 31.3. The van der Waals surface area contributed by atoms with Gasteiger partial charge < -0.3 is 10.1 Å². The second kappa shape index (κ2) is 6.02. The summed E-state index contributed by atoms with van der Waals surface area (Å²) < 4.78 is 6.14. The first-order chi connectivity index (χ1) is 7.43. The van der Waals surface area contributed by atoms with Gasteiger partial charge in [0.25, 0.3) is 0 Å².